The third-order valence-electron chi connectivity index (χ3n) is 5.52. The number of amides is 1. The van der Waals surface area contributed by atoms with Gasteiger partial charge >= 0.3 is 0 Å². The van der Waals surface area contributed by atoms with E-state index in [9.17, 15) is 4.79 Å². The maximum absolute atomic E-state index is 11.8. The second-order valence-electron chi connectivity index (χ2n) is 7.38. The van der Waals surface area contributed by atoms with Crippen molar-refractivity contribution in [2.24, 2.45) is 0 Å². The topological polar surface area (TPSA) is 53.4 Å². The van der Waals surface area contributed by atoms with E-state index in [2.05, 4.69) is 44.9 Å². The molecule has 28 heavy (non-hydrogen) atoms. The van der Waals surface area contributed by atoms with Crippen LogP contribution in [0.3, 0.4) is 0 Å². The molecule has 1 N–H and O–H groups in total. The smallest absolute Gasteiger partial charge is 0.251 e. The van der Waals surface area contributed by atoms with Gasteiger partial charge in [0.2, 0.25) is 0 Å². The zero-order valence-corrected chi connectivity index (χ0v) is 16.6. The van der Waals surface area contributed by atoms with Crippen LogP contribution in [0.2, 0.25) is 0 Å². The van der Waals surface area contributed by atoms with E-state index in [0.717, 1.165) is 61.7 Å². The molecule has 1 amide bonds. The molecule has 4 rings (SSSR count). The number of rotatable bonds is 5. The number of benzene rings is 2. The average molecular weight is 377 g/mol. The van der Waals surface area contributed by atoms with E-state index in [1.165, 1.54) is 0 Å². The highest BCUT2D eigenvalue weighted by Crippen LogP contribution is 2.25. The van der Waals surface area contributed by atoms with Crippen LogP contribution in [0, 0.1) is 0 Å². The number of piperazine rings is 1. The number of likely N-dealkylation sites (N-methyl/N-ethyl adjacent to an activating group) is 1. The molecule has 1 fully saturated rings. The Balaban J connectivity index is 1.62. The first-order chi connectivity index (χ1) is 13.7. The summed E-state index contributed by atoms with van der Waals surface area (Å²) in [6, 6.07) is 16.0. The lowest BCUT2D eigenvalue weighted by molar-refractivity contribution is 0.0963. The summed E-state index contributed by atoms with van der Waals surface area (Å²) in [6.07, 6.45) is 0. The highest BCUT2D eigenvalue weighted by molar-refractivity contribution is 5.94. The van der Waals surface area contributed by atoms with Crippen molar-refractivity contribution in [3.63, 3.8) is 0 Å². The van der Waals surface area contributed by atoms with Crippen LogP contribution in [0.4, 0.5) is 0 Å². The molecule has 146 valence electrons. The van der Waals surface area contributed by atoms with Crippen LogP contribution >= 0.6 is 0 Å². The van der Waals surface area contributed by atoms with Crippen molar-refractivity contribution < 1.29 is 4.79 Å². The van der Waals surface area contributed by atoms with E-state index in [-0.39, 0.29) is 5.91 Å². The summed E-state index contributed by atoms with van der Waals surface area (Å²) in [4.78, 5) is 21.6. The molecule has 0 bridgehead atoms. The Morgan fingerprint density at radius 3 is 2.43 bits per heavy atom. The summed E-state index contributed by atoms with van der Waals surface area (Å²) in [5.74, 6) is 0.883. The van der Waals surface area contributed by atoms with Gasteiger partial charge in [-0.25, -0.2) is 4.98 Å². The minimum absolute atomic E-state index is 0.0740. The number of nitrogens with one attached hydrogen (secondary N) is 1. The molecule has 1 aliphatic heterocycles. The molecule has 0 atom stereocenters. The predicted molar refractivity (Wildman–Crippen MR) is 112 cm³/mol. The largest absolute Gasteiger partial charge is 0.355 e. The number of aromatic nitrogens is 2. The fraction of sp³-hybridized carbons (Fsp3) is 0.364. The molecule has 0 aliphatic carbocycles. The maximum atomic E-state index is 11.8. The quantitative estimate of drug-likeness (QED) is 0.741. The number of hydrogen-bond donors (Lipinski definition) is 1. The average Bonchev–Trinajstić information content (AvgIpc) is 3.11. The van der Waals surface area contributed by atoms with E-state index in [4.69, 9.17) is 4.98 Å². The lowest BCUT2D eigenvalue weighted by Gasteiger charge is -2.32. The molecule has 6 nitrogen and oxygen atoms in total. The van der Waals surface area contributed by atoms with Crippen molar-refractivity contribution in [3.05, 3.63) is 54.1 Å². The molecule has 0 unspecified atom stereocenters. The molecule has 2 heterocycles. The number of hydrogen-bond acceptors (Lipinski definition) is 4. The van der Waals surface area contributed by atoms with E-state index < -0.39 is 0 Å². The Hall–Kier alpha value is -2.70. The number of nitrogens with zero attached hydrogens (tertiary/aromatic N) is 4. The summed E-state index contributed by atoms with van der Waals surface area (Å²) in [5.41, 5.74) is 3.85. The van der Waals surface area contributed by atoms with Gasteiger partial charge in [-0.3, -0.25) is 9.69 Å². The van der Waals surface area contributed by atoms with Crippen LogP contribution in [-0.4, -0.2) is 72.1 Å². The van der Waals surface area contributed by atoms with Gasteiger partial charge in [-0.05, 0) is 31.3 Å². The summed E-state index contributed by atoms with van der Waals surface area (Å²) >= 11 is 0. The van der Waals surface area contributed by atoms with Gasteiger partial charge in [0.25, 0.3) is 5.91 Å². The van der Waals surface area contributed by atoms with Gasteiger partial charge in [0.1, 0.15) is 5.82 Å². The first-order valence-corrected chi connectivity index (χ1v) is 9.84. The summed E-state index contributed by atoms with van der Waals surface area (Å²) in [7, 11) is 3.83. The van der Waals surface area contributed by atoms with E-state index >= 15 is 0 Å². The molecule has 3 aromatic rings. The normalized spacial score (nSPS) is 15.8. The van der Waals surface area contributed by atoms with Crippen LogP contribution in [0.1, 0.15) is 10.4 Å². The number of carbonyl (C=O) groups is 1. The lowest BCUT2D eigenvalue weighted by Crippen LogP contribution is -2.45. The molecule has 1 saturated heterocycles. The van der Waals surface area contributed by atoms with Crippen molar-refractivity contribution in [1.82, 2.24) is 24.7 Å². The Bertz CT molecular complexity index is 955. The maximum Gasteiger partial charge on any atom is 0.251 e. The number of fused-ring (bicyclic) bond motifs is 1. The van der Waals surface area contributed by atoms with Crippen LogP contribution in [0.15, 0.2) is 48.5 Å². The Morgan fingerprint density at radius 2 is 1.71 bits per heavy atom. The second kappa shape index (κ2) is 8.12. The second-order valence-corrected chi connectivity index (χ2v) is 7.38. The first kappa shape index (κ1) is 18.7. The van der Waals surface area contributed by atoms with Crippen LogP contribution in [-0.2, 0) is 6.54 Å². The molecule has 0 saturated carbocycles. The van der Waals surface area contributed by atoms with E-state index in [1.54, 1.807) is 7.05 Å². The monoisotopic (exact) mass is 377 g/mol. The van der Waals surface area contributed by atoms with Gasteiger partial charge < -0.3 is 14.8 Å². The Labute approximate surface area is 165 Å². The van der Waals surface area contributed by atoms with Crippen LogP contribution in [0.5, 0.6) is 0 Å². The lowest BCUT2D eigenvalue weighted by atomic mass is 10.1. The minimum Gasteiger partial charge on any atom is -0.355 e. The van der Waals surface area contributed by atoms with Gasteiger partial charge in [-0.1, -0.05) is 24.3 Å². The van der Waals surface area contributed by atoms with Gasteiger partial charge in [0.15, 0.2) is 0 Å². The molecule has 1 aliphatic rings. The predicted octanol–water partition coefficient (Wildman–Crippen LogP) is 2.31. The van der Waals surface area contributed by atoms with Crippen LogP contribution in [0.25, 0.3) is 22.4 Å². The SMILES string of the molecule is CNC(=O)c1ccc(-c2nc3ccccc3n2CCN2CCN(C)CC2)cc1. The van der Waals surface area contributed by atoms with Crippen LogP contribution < -0.4 is 5.32 Å². The summed E-state index contributed by atoms with van der Waals surface area (Å²) in [5, 5.41) is 2.66. The Kier molecular flexibility index (Phi) is 5.41. The van der Waals surface area contributed by atoms with Crippen molar-refractivity contribution in [2.45, 2.75) is 6.54 Å². The van der Waals surface area contributed by atoms with Gasteiger partial charge in [-0.15, -0.1) is 0 Å². The van der Waals surface area contributed by atoms with Crippen molar-refractivity contribution >= 4 is 16.9 Å². The molecular formula is C22H27N5O. The summed E-state index contributed by atoms with van der Waals surface area (Å²) < 4.78 is 2.31. The third-order valence-corrected chi connectivity index (χ3v) is 5.52. The molecule has 0 radical (unpaired) electrons. The minimum atomic E-state index is -0.0740. The van der Waals surface area contributed by atoms with Crippen molar-refractivity contribution in [2.75, 3.05) is 46.8 Å². The van der Waals surface area contributed by atoms with Gasteiger partial charge in [-0.2, -0.15) is 0 Å². The fourth-order valence-corrected chi connectivity index (χ4v) is 3.75. The standard InChI is InChI=1S/C22H27N5O/c1-23-22(28)18-9-7-17(8-10-18)21-24-19-5-3-4-6-20(19)27(21)16-15-26-13-11-25(2)12-14-26/h3-10H,11-16H2,1-2H3,(H,23,28). The van der Waals surface area contributed by atoms with Crippen molar-refractivity contribution in [3.8, 4) is 11.4 Å². The highest BCUT2D eigenvalue weighted by atomic mass is 16.1. The molecule has 1 aromatic heterocycles. The molecule has 2 aromatic carbocycles. The fourth-order valence-electron chi connectivity index (χ4n) is 3.75. The number of imidazole rings is 1. The van der Waals surface area contributed by atoms with Crippen molar-refractivity contribution in [1.29, 1.82) is 0 Å². The number of para-hydroxylation sites is 2. The Morgan fingerprint density at radius 1 is 1.00 bits per heavy atom. The zero-order valence-electron chi connectivity index (χ0n) is 16.6. The van der Waals surface area contributed by atoms with Gasteiger partial charge in [0, 0.05) is 57.4 Å². The molecule has 6 heteroatoms. The third kappa shape index (κ3) is 3.79. The first-order valence-electron chi connectivity index (χ1n) is 9.84. The van der Waals surface area contributed by atoms with E-state index in [0.29, 0.717) is 5.56 Å². The summed E-state index contributed by atoms with van der Waals surface area (Å²) in [6.45, 7) is 6.38. The number of carbonyl (C=O) groups excluding carboxylic acids is 1. The molecule has 0 spiro atoms. The highest BCUT2D eigenvalue weighted by Gasteiger charge is 2.17. The molecular weight excluding hydrogens is 350 g/mol. The zero-order chi connectivity index (χ0) is 19.5. The van der Waals surface area contributed by atoms with E-state index in [1.807, 2.05) is 30.3 Å². The van der Waals surface area contributed by atoms with Gasteiger partial charge in [0.05, 0.1) is 11.0 Å².